The molecule has 124 valence electrons. The van der Waals surface area contributed by atoms with Gasteiger partial charge in [-0.05, 0) is 24.6 Å². The Bertz CT molecular complexity index is 911. The lowest BCUT2D eigenvalue weighted by Crippen LogP contribution is -2.39. The second-order valence-corrected chi connectivity index (χ2v) is 6.13. The van der Waals surface area contributed by atoms with E-state index in [-0.39, 0.29) is 12.5 Å². The first-order valence-electron chi connectivity index (χ1n) is 8.01. The monoisotopic (exact) mass is 325 g/mol. The first-order chi connectivity index (χ1) is 11.7. The number of aryl methyl sites for hydroxylation is 1. The molecule has 0 fully saturated rings. The highest BCUT2D eigenvalue weighted by atomic mass is 16.3. The predicted octanol–water partition coefficient (Wildman–Crippen LogP) is 0.916. The van der Waals surface area contributed by atoms with Gasteiger partial charge in [0.1, 0.15) is 5.65 Å². The van der Waals surface area contributed by atoms with Gasteiger partial charge in [0.05, 0.1) is 43.2 Å². The van der Waals surface area contributed by atoms with Crippen molar-refractivity contribution in [2.24, 2.45) is 0 Å². The Hall–Kier alpha value is -2.67. The number of carbonyl (C=O) groups is 1. The van der Waals surface area contributed by atoms with Gasteiger partial charge < -0.3 is 14.4 Å². The quantitative estimate of drug-likeness (QED) is 0.777. The normalized spacial score (nSPS) is 14.2. The van der Waals surface area contributed by atoms with Crippen molar-refractivity contribution in [1.82, 2.24) is 24.1 Å². The Morgan fingerprint density at radius 2 is 2.25 bits per heavy atom. The number of aromatic nitrogens is 4. The van der Waals surface area contributed by atoms with E-state index in [0.29, 0.717) is 31.7 Å². The molecule has 0 bridgehead atoms. The van der Waals surface area contributed by atoms with Gasteiger partial charge >= 0.3 is 0 Å². The fourth-order valence-corrected chi connectivity index (χ4v) is 3.22. The first kappa shape index (κ1) is 14.9. The minimum Gasteiger partial charge on any atom is -0.390 e. The highest BCUT2D eigenvalue weighted by Crippen LogP contribution is 2.16. The van der Waals surface area contributed by atoms with Crippen LogP contribution in [0.2, 0.25) is 0 Å². The Kier molecular flexibility index (Phi) is 3.57. The second kappa shape index (κ2) is 5.76. The molecule has 0 atom stereocenters. The van der Waals surface area contributed by atoms with Crippen LogP contribution in [0, 0.1) is 6.92 Å². The molecule has 1 amide bonds. The molecule has 0 aliphatic carbocycles. The Balaban J connectivity index is 1.53. The number of aliphatic hydroxyl groups excluding tert-OH is 1. The molecule has 0 spiro atoms. The van der Waals surface area contributed by atoms with Crippen molar-refractivity contribution in [2.45, 2.75) is 33.0 Å². The van der Waals surface area contributed by atoms with Crippen LogP contribution in [-0.4, -0.2) is 41.6 Å². The third-order valence-corrected chi connectivity index (χ3v) is 4.50. The summed E-state index contributed by atoms with van der Waals surface area (Å²) in [5.74, 6) is 0.0799. The van der Waals surface area contributed by atoms with Crippen molar-refractivity contribution in [3.05, 3.63) is 53.2 Å². The van der Waals surface area contributed by atoms with Crippen molar-refractivity contribution >= 4 is 11.6 Å². The van der Waals surface area contributed by atoms with Gasteiger partial charge in [-0.15, -0.1) is 0 Å². The van der Waals surface area contributed by atoms with Crippen LogP contribution in [0.3, 0.4) is 0 Å². The van der Waals surface area contributed by atoms with Crippen LogP contribution in [0.5, 0.6) is 0 Å². The third-order valence-electron chi connectivity index (χ3n) is 4.50. The van der Waals surface area contributed by atoms with Crippen LogP contribution in [-0.2, 0) is 30.9 Å². The number of aliphatic hydroxyl groups is 1. The fraction of sp³-hybridized carbons (Fsp3) is 0.353. The number of fused-ring (bicyclic) bond motifs is 2. The zero-order valence-corrected chi connectivity index (χ0v) is 13.5. The van der Waals surface area contributed by atoms with Crippen LogP contribution >= 0.6 is 0 Å². The third kappa shape index (κ3) is 2.46. The highest BCUT2D eigenvalue weighted by molar-refractivity contribution is 5.78. The molecule has 1 aliphatic rings. The van der Waals surface area contributed by atoms with E-state index in [9.17, 15) is 9.90 Å². The smallest absolute Gasteiger partial charge is 0.228 e. The summed E-state index contributed by atoms with van der Waals surface area (Å²) in [7, 11) is 0. The molecule has 7 heteroatoms. The minimum atomic E-state index is -0.0743. The Labute approximate surface area is 139 Å². The highest BCUT2D eigenvalue weighted by Gasteiger charge is 2.23. The van der Waals surface area contributed by atoms with E-state index in [0.717, 1.165) is 22.6 Å². The van der Waals surface area contributed by atoms with Crippen LogP contribution in [0.25, 0.3) is 5.65 Å². The topological polar surface area (TPSA) is 75.7 Å². The van der Waals surface area contributed by atoms with Crippen LogP contribution in [0.4, 0.5) is 0 Å². The summed E-state index contributed by atoms with van der Waals surface area (Å²) >= 11 is 0. The van der Waals surface area contributed by atoms with E-state index in [2.05, 4.69) is 10.1 Å². The molecule has 1 N–H and O–H groups in total. The second-order valence-electron chi connectivity index (χ2n) is 6.13. The van der Waals surface area contributed by atoms with Gasteiger partial charge in [0.15, 0.2) is 0 Å². The number of amides is 1. The largest absolute Gasteiger partial charge is 0.390 e. The summed E-state index contributed by atoms with van der Waals surface area (Å²) in [6, 6.07) is 5.84. The Morgan fingerprint density at radius 1 is 1.38 bits per heavy atom. The maximum absolute atomic E-state index is 12.7. The molecule has 0 saturated heterocycles. The predicted molar refractivity (Wildman–Crippen MR) is 87.2 cm³/mol. The maximum Gasteiger partial charge on any atom is 0.228 e. The van der Waals surface area contributed by atoms with E-state index in [1.54, 1.807) is 6.20 Å². The van der Waals surface area contributed by atoms with Crippen molar-refractivity contribution in [3.8, 4) is 0 Å². The lowest BCUT2D eigenvalue weighted by atomic mass is 10.2. The van der Waals surface area contributed by atoms with Gasteiger partial charge in [0.2, 0.25) is 5.91 Å². The summed E-state index contributed by atoms with van der Waals surface area (Å²) in [5, 5.41) is 13.5. The van der Waals surface area contributed by atoms with Gasteiger partial charge in [-0.25, -0.2) is 4.98 Å². The van der Waals surface area contributed by atoms with E-state index < -0.39 is 0 Å². The molecule has 0 saturated carbocycles. The van der Waals surface area contributed by atoms with Gasteiger partial charge in [-0.3, -0.25) is 9.48 Å². The maximum atomic E-state index is 12.7. The van der Waals surface area contributed by atoms with Crippen molar-refractivity contribution in [2.75, 3.05) is 6.54 Å². The van der Waals surface area contributed by atoms with Crippen LogP contribution in [0.1, 0.15) is 22.6 Å². The van der Waals surface area contributed by atoms with Gasteiger partial charge in [0, 0.05) is 18.9 Å². The van der Waals surface area contributed by atoms with E-state index in [1.807, 2.05) is 45.3 Å². The molecule has 4 rings (SSSR count). The number of hydrogen-bond acceptors (Lipinski definition) is 4. The van der Waals surface area contributed by atoms with Gasteiger partial charge in [-0.1, -0.05) is 6.07 Å². The summed E-state index contributed by atoms with van der Waals surface area (Å²) in [5.41, 5.74) is 4.50. The summed E-state index contributed by atoms with van der Waals surface area (Å²) in [6.45, 7) is 3.76. The fourth-order valence-electron chi connectivity index (χ4n) is 3.22. The molecule has 0 unspecified atom stereocenters. The summed E-state index contributed by atoms with van der Waals surface area (Å²) in [6.07, 6.45) is 4.04. The zero-order chi connectivity index (χ0) is 16.7. The molecule has 24 heavy (non-hydrogen) atoms. The van der Waals surface area contributed by atoms with E-state index in [1.165, 1.54) is 0 Å². The van der Waals surface area contributed by atoms with Gasteiger partial charge in [-0.2, -0.15) is 5.10 Å². The number of rotatable bonds is 3. The Morgan fingerprint density at radius 3 is 3.08 bits per heavy atom. The number of pyridine rings is 1. The number of carbonyl (C=O) groups excluding carboxylic acids is 1. The number of nitrogens with zero attached hydrogens (tertiary/aromatic N) is 5. The molecule has 0 radical (unpaired) electrons. The number of imidazole rings is 1. The van der Waals surface area contributed by atoms with Crippen molar-refractivity contribution in [3.63, 3.8) is 0 Å². The lowest BCUT2D eigenvalue weighted by molar-refractivity contribution is -0.132. The van der Waals surface area contributed by atoms with Crippen LogP contribution < -0.4 is 0 Å². The molecule has 3 aromatic rings. The van der Waals surface area contributed by atoms with Crippen molar-refractivity contribution < 1.29 is 9.90 Å². The molecule has 0 aromatic carbocycles. The standard InChI is InChI=1S/C17H19N5O2/c1-12-3-2-4-21-14(9-18-17(12)21)8-16(24)20-5-6-22-15(10-20)7-13(11-23)19-22/h2-4,7,9,23H,5-6,8,10-11H2,1H3. The summed E-state index contributed by atoms with van der Waals surface area (Å²) < 4.78 is 3.85. The molecule has 4 heterocycles. The van der Waals surface area contributed by atoms with Gasteiger partial charge in [0.25, 0.3) is 0 Å². The van der Waals surface area contributed by atoms with Crippen molar-refractivity contribution in [1.29, 1.82) is 0 Å². The summed E-state index contributed by atoms with van der Waals surface area (Å²) in [4.78, 5) is 18.9. The van der Waals surface area contributed by atoms with E-state index >= 15 is 0 Å². The SMILES string of the molecule is Cc1cccn2c(CC(=O)N3CCn4nc(CO)cc4C3)cnc12. The average molecular weight is 325 g/mol. The molecule has 7 nitrogen and oxygen atoms in total. The average Bonchev–Trinajstić information content (AvgIpc) is 3.19. The molecule has 3 aromatic heterocycles. The minimum absolute atomic E-state index is 0.0743. The molecular weight excluding hydrogens is 306 g/mol. The van der Waals surface area contributed by atoms with E-state index in [4.69, 9.17) is 0 Å². The first-order valence-corrected chi connectivity index (χ1v) is 8.01. The molecule has 1 aliphatic heterocycles. The zero-order valence-electron chi connectivity index (χ0n) is 13.5. The number of hydrogen-bond donors (Lipinski definition) is 1. The van der Waals surface area contributed by atoms with Crippen LogP contribution in [0.15, 0.2) is 30.6 Å². The lowest BCUT2D eigenvalue weighted by Gasteiger charge is -2.27. The molecular formula is C17H19N5O2.